The number of benzene rings is 1. The Bertz CT molecular complexity index is 1030. The largest absolute Gasteiger partial charge is 0.497 e. The van der Waals surface area contributed by atoms with Crippen LogP contribution < -0.4 is 9.47 Å². The molecule has 0 aliphatic rings. The predicted octanol–water partition coefficient (Wildman–Crippen LogP) is 4.16. The van der Waals surface area contributed by atoms with Crippen LogP contribution in [-0.2, 0) is 5.75 Å². The van der Waals surface area contributed by atoms with Crippen molar-refractivity contribution in [2.24, 2.45) is 0 Å². The number of thiophene rings is 1. The molecule has 4 aromatic rings. The van der Waals surface area contributed by atoms with Crippen molar-refractivity contribution in [3.05, 3.63) is 40.9 Å². The minimum atomic E-state index is 0.362. The second-order valence-electron chi connectivity index (χ2n) is 5.25. The summed E-state index contributed by atoms with van der Waals surface area (Å²) < 4.78 is 21.5. The molecule has 1 aromatic carbocycles. The zero-order chi connectivity index (χ0) is 18.6. The van der Waals surface area contributed by atoms with E-state index in [1.807, 2.05) is 22.9 Å². The predicted molar refractivity (Wildman–Crippen MR) is 100 cm³/mol. The van der Waals surface area contributed by atoms with Gasteiger partial charge in [0.25, 0.3) is 11.1 Å². The molecule has 0 atom stereocenters. The first-order chi connectivity index (χ1) is 13.3. The van der Waals surface area contributed by atoms with Gasteiger partial charge in [0.2, 0.25) is 11.7 Å². The van der Waals surface area contributed by atoms with Gasteiger partial charge < -0.3 is 18.4 Å². The van der Waals surface area contributed by atoms with Crippen LogP contribution in [0.2, 0.25) is 0 Å². The summed E-state index contributed by atoms with van der Waals surface area (Å²) in [6.07, 6.45) is 0. The molecule has 4 rings (SSSR count). The zero-order valence-electron chi connectivity index (χ0n) is 14.4. The van der Waals surface area contributed by atoms with Crippen LogP contribution in [0.4, 0.5) is 0 Å². The fourth-order valence-electron chi connectivity index (χ4n) is 2.30. The molecule has 0 saturated heterocycles. The van der Waals surface area contributed by atoms with Crippen LogP contribution in [0.15, 0.2) is 49.2 Å². The van der Waals surface area contributed by atoms with Crippen molar-refractivity contribution in [1.29, 1.82) is 0 Å². The topological polar surface area (TPSA) is 96.3 Å². The summed E-state index contributed by atoms with van der Waals surface area (Å²) in [5.74, 6) is 3.12. The van der Waals surface area contributed by atoms with Crippen molar-refractivity contribution in [1.82, 2.24) is 20.3 Å². The molecule has 0 bridgehead atoms. The number of hydrogen-bond acceptors (Lipinski definition) is 10. The van der Waals surface area contributed by atoms with Crippen molar-refractivity contribution in [2.75, 3.05) is 14.2 Å². The lowest BCUT2D eigenvalue weighted by Crippen LogP contribution is -1.90. The molecule has 27 heavy (non-hydrogen) atoms. The second-order valence-corrected chi connectivity index (χ2v) is 6.96. The number of thioether (sulfide) groups is 1. The van der Waals surface area contributed by atoms with Gasteiger partial charge in [0, 0.05) is 17.0 Å². The third-order valence-electron chi connectivity index (χ3n) is 3.61. The van der Waals surface area contributed by atoms with Gasteiger partial charge in [-0.2, -0.15) is 16.3 Å². The Morgan fingerprint density at radius 1 is 1.15 bits per heavy atom. The molecule has 0 radical (unpaired) electrons. The van der Waals surface area contributed by atoms with E-state index in [0.717, 1.165) is 5.56 Å². The Morgan fingerprint density at radius 2 is 2.07 bits per heavy atom. The van der Waals surface area contributed by atoms with Gasteiger partial charge >= 0.3 is 0 Å². The Balaban J connectivity index is 1.46. The maximum atomic E-state index is 5.72. The first-order valence-electron chi connectivity index (χ1n) is 7.80. The summed E-state index contributed by atoms with van der Waals surface area (Å²) in [6, 6.07) is 7.32. The number of ether oxygens (including phenoxy) is 2. The van der Waals surface area contributed by atoms with Crippen molar-refractivity contribution < 1.29 is 18.4 Å². The van der Waals surface area contributed by atoms with Crippen LogP contribution in [0.3, 0.4) is 0 Å². The van der Waals surface area contributed by atoms with Crippen molar-refractivity contribution in [2.45, 2.75) is 11.0 Å². The molecule has 0 unspecified atom stereocenters. The molecule has 0 fully saturated rings. The van der Waals surface area contributed by atoms with E-state index in [1.54, 1.807) is 37.7 Å². The molecule has 8 nitrogen and oxygen atoms in total. The van der Waals surface area contributed by atoms with Crippen LogP contribution in [0.25, 0.3) is 22.8 Å². The SMILES string of the molecule is COc1ccc(-c2nnc(SCc3nc(-c4ccsc4)no3)o2)c(OC)c1. The van der Waals surface area contributed by atoms with Crippen LogP contribution in [0.1, 0.15) is 5.89 Å². The fraction of sp³-hybridized carbons (Fsp3) is 0.176. The van der Waals surface area contributed by atoms with Crippen LogP contribution in [0, 0.1) is 0 Å². The molecule has 0 aliphatic carbocycles. The molecule has 3 aromatic heterocycles. The molecular formula is C17H14N4O4S2. The summed E-state index contributed by atoms with van der Waals surface area (Å²) in [7, 11) is 3.17. The van der Waals surface area contributed by atoms with E-state index in [-0.39, 0.29) is 0 Å². The quantitative estimate of drug-likeness (QED) is 0.422. The monoisotopic (exact) mass is 402 g/mol. The summed E-state index contributed by atoms with van der Waals surface area (Å²) >= 11 is 2.90. The molecule has 3 heterocycles. The normalized spacial score (nSPS) is 10.9. The lowest BCUT2D eigenvalue weighted by Gasteiger charge is -2.07. The van der Waals surface area contributed by atoms with Gasteiger partial charge in [-0.05, 0) is 23.6 Å². The number of rotatable bonds is 7. The van der Waals surface area contributed by atoms with Crippen molar-refractivity contribution >= 4 is 23.1 Å². The van der Waals surface area contributed by atoms with E-state index in [9.17, 15) is 0 Å². The van der Waals surface area contributed by atoms with E-state index in [1.165, 1.54) is 11.8 Å². The van der Waals surface area contributed by atoms with Gasteiger partial charge in [-0.3, -0.25) is 0 Å². The van der Waals surface area contributed by atoms with E-state index in [2.05, 4.69) is 20.3 Å². The van der Waals surface area contributed by atoms with Gasteiger partial charge in [0.1, 0.15) is 11.5 Å². The lowest BCUT2D eigenvalue weighted by molar-refractivity contribution is 0.390. The molecular weight excluding hydrogens is 388 g/mol. The Kier molecular flexibility index (Phi) is 5.07. The van der Waals surface area contributed by atoms with Gasteiger partial charge in [-0.15, -0.1) is 10.2 Å². The van der Waals surface area contributed by atoms with Gasteiger partial charge in [0.05, 0.1) is 25.5 Å². The number of methoxy groups -OCH3 is 2. The van der Waals surface area contributed by atoms with Crippen LogP contribution >= 0.6 is 23.1 Å². The van der Waals surface area contributed by atoms with Gasteiger partial charge in [-0.25, -0.2) is 0 Å². The molecule has 10 heteroatoms. The number of aromatic nitrogens is 4. The summed E-state index contributed by atoms with van der Waals surface area (Å²) in [5, 5.41) is 16.4. The minimum absolute atomic E-state index is 0.362. The average molecular weight is 402 g/mol. The Hall–Kier alpha value is -2.85. The second kappa shape index (κ2) is 7.80. The minimum Gasteiger partial charge on any atom is -0.497 e. The molecule has 138 valence electrons. The van der Waals surface area contributed by atoms with E-state index < -0.39 is 0 Å². The Morgan fingerprint density at radius 3 is 2.85 bits per heavy atom. The van der Waals surface area contributed by atoms with E-state index >= 15 is 0 Å². The third kappa shape index (κ3) is 3.81. The highest BCUT2D eigenvalue weighted by Gasteiger charge is 2.16. The maximum Gasteiger partial charge on any atom is 0.277 e. The highest BCUT2D eigenvalue weighted by molar-refractivity contribution is 7.98. The fourth-order valence-corrected chi connectivity index (χ4v) is 3.53. The standard InChI is InChI=1S/C17H14N4O4S2/c1-22-11-3-4-12(13(7-11)23-2)16-19-20-17(24-16)27-9-14-18-15(21-25-14)10-5-6-26-8-10/h3-8H,9H2,1-2H3. The zero-order valence-corrected chi connectivity index (χ0v) is 16.0. The van der Waals surface area contributed by atoms with Crippen molar-refractivity contribution in [3.63, 3.8) is 0 Å². The molecule has 0 saturated carbocycles. The smallest absolute Gasteiger partial charge is 0.277 e. The highest BCUT2D eigenvalue weighted by atomic mass is 32.2. The summed E-state index contributed by atoms with van der Waals surface area (Å²) in [5.41, 5.74) is 1.63. The maximum absolute atomic E-state index is 5.72. The molecule has 0 aliphatic heterocycles. The molecule has 0 spiro atoms. The first kappa shape index (κ1) is 17.6. The van der Waals surface area contributed by atoms with E-state index in [0.29, 0.717) is 45.6 Å². The Labute approximate surface area is 162 Å². The summed E-state index contributed by atoms with van der Waals surface area (Å²) in [6.45, 7) is 0. The third-order valence-corrected chi connectivity index (χ3v) is 5.10. The number of hydrogen-bond donors (Lipinski definition) is 0. The van der Waals surface area contributed by atoms with Crippen LogP contribution in [0.5, 0.6) is 11.5 Å². The van der Waals surface area contributed by atoms with E-state index in [4.69, 9.17) is 18.4 Å². The summed E-state index contributed by atoms with van der Waals surface area (Å²) in [4.78, 5) is 4.36. The van der Waals surface area contributed by atoms with Gasteiger partial charge in [-0.1, -0.05) is 16.9 Å². The van der Waals surface area contributed by atoms with Crippen molar-refractivity contribution in [3.8, 4) is 34.3 Å². The number of nitrogens with zero attached hydrogens (tertiary/aromatic N) is 4. The average Bonchev–Trinajstić information content (AvgIpc) is 3.47. The van der Waals surface area contributed by atoms with Crippen LogP contribution in [-0.4, -0.2) is 34.6 Å². The molecule has 0 N–H and O–H groups in total. The molecule has 0 amide bonds. The highest BCUT2D eigenvalue weighted by Crippen LogP contribution is 2.34. The first-order valence-corrected chi connectivity index (χ1v) is 9.73. The lowest BCUT2D eigenvalue weighted by atomic mass is 10.2. The van der Waals surface area contributed by atoms with Gasteiger partial charge in [0.15, 0.2) is 0 Å².